The van der Waals surface area contributed by atoms with Gasteiger partial charge in [-0.3, -0.25) is 14.4 Å². The lowest BCUT2D eigenvalue weighted by Gasteiger charge is -2.31. The highest BCUT2D eigenvalue weighted by Crippen LogP contribution is 2.36. The molecule has 0 spiro atoms. The van der Waals surface area contributed by atoms with Crippen LogP contribution in [0.15, 0.2) is 59.5 Å². The van der Waals surface area contributed by atoms with Crippen molar-refractivity contribution in [3.05, 3.63) is 65.7 Å². The summed E-state index contributed by atoms with van der Waals surface area (Å²) >= 11 is 1.61. The van der Waals surface area contributed by atoms with E-state index in [2.05, 4.69) is 41.0 Å². The molecule has 1 saturated heterocycles. The van der Waals surface area contributed by atoms with Gasteiger partial charge < -0.3 is 15.5 Å². The van der Waals surface area contributed by atoms with Gasteiger partial charge in [0.25, 0.3) is 0 Å². The molecule has 1 aliphatic heterocycles. The molecule has 180 valence electrons. The number of piperidine rings is 1. The normalized spacial score (nSPS) is 15.3. The summed E-state index contributed by atoms with van der Waals surface area (Å²) in [5.41, 5.74) is 4.12. The van der Waals surface area contributed by atoms with Gasteiger partial charge in [-0.1, -0.05) is 30.3 Å². The summed E-state index contributed by atoms with van der Waals surface area (Å²) in [7, 11) is 0. The molecule has 0 atom stereocenters. The molecule has 3 amide bonds. The van der Waals surface area contributed by atoms with Crippen LogP contribution in [0.2, 0.25) is 0 Å². The second kappa shape index (κ2) is 10.1. The van der Waals surface area contributed by atoms with E-state index in [0.29, 0.717) is 43.1 Å². The Bertz CT molecular complexity index is 1290. The molecule has 5 rings (SSSR count). The highest BCUT2D eigenvalue weighted by Gasteiger charge is 2.27. The highest BCUT2D eigenvalue weighted by molar-refractivity contribution is 8.00. The maximum absolute atomic E-state index is 12.9. The van der Waals surface area contributed by atoms with Gasteiger partial charge >= 0.3 is 0 Å². The molecule has 3 aromatic rings. The number of hydrogen-bond donors (Lipinski definition) is 2. The molecule has 1 fully saturated rings. The maximum Gasteiger partial charge on any atom is 0.232 e. The van der Waals surface area contributed by atoms with Gasteiger partial charge in [-0.15, -0.1) is 11.8 Å². The first-order valence-electron chi connectivity index (χ1n) is 12.1. The number of anilines is 2. The van der Waals surface area contributed by atoms with Crippen molar-refractivity contribution in [3.63, 3.8) is 0 Å². The van der Waals surface area contributed by atoms with E-state index < -0.39 is 0 Å². The Kier molecular flexibility index (Phi) is 6.77. The average molecular weight is 488 g/mol. The average Bonchev–Trinajstić information content (AvgIpc) is 3.28. The number of benzene rings is 3. The van der Waals surface area contributed by atoms with Crippen LogP contribution in [0.4, 0.5) is 11.4 Å². The van der Waals surface area contributed by atoms with Crippen molar-refractivity contribution in [2.75, 3.05) is 29.5 Å². The Morgan fingerprint density at radius 1 is 0.914 bits per heavy atom. The molecular weight excluding hydrogens is 458 g/mol. The predicted octanol–water partition coefficient (Wildman–Crippen LogP) is 4.87. The molecule has 3 aromatic carbocycles. The van der Waals surface area contributed by atoms with Crippen LogP contribution in [0.3, 0.4) is 0 Å². The molecule has 2 N–H and O–H groups in total. The quantitative estimate of drug-likeness (QED) is 0.487. The third kappa shape index (κ3) is 5.20. The van der Waals surface area contributed by atoms with Gasteiger partial charge in [-0.2, -0.15) is 0 Å². The van der Waals surface area contributed by atoms with Crippen molar-refractivity contribution < 1.29 is 14.4 Å². The molecule has 6 nitrogen and oxygen atoms in total. The van der Waals surface area contributed by atoms with E-state index in [1.54, 1.807) is 36.0 Å². The lowest BCUT2D eigenvalue weighted by atomic mass is 9.96. The molecule has 1 aliphatic carbocycles. The summed E-state index contributed by atoms with van der Waals surface area (Å²) in [5, 5.41) is 8.30. The predicted molar refractivity (Wildman–Crippen MR) is 141 cm³/mol. The summed E-state index contributed by atoms with van der Waals surface area (Å²) in [6, 6.07) is 18.0. The zero-order valence-corrected chi connectivity index (χ0v) is 20.6. The van der Waals surface area contributed by atoms with Crippen LogP contribution in [0.5, 0.6) is 0 Å². The number of thioether (sulfide) groups is 1. The number of carbonyl (C=O) groups excluding carboxylic acids is 3. The summed E-state index contributed by atoms with van der Waals surface area (Å²) < 4.78 is 0. The van der Waals surface area contributed by atoms with E-state index in [9.17, 15) is 14.4 Å². The Hall–Kier alpha value is -3.32. The van der Waals surface area contributed by atoms with E-state index in [1.165, 1.54) is 28.8 Å². The van der Waals surface area contributed by atoms with Crippen LogP contribution in [0.1, 0.15) is 30.9 Å². The van der Waals surface area contributed by atoms with E-state index >= 15 is 0 Å². The van der Waals surface area contributed by atoms with Gasteiger partial charge in [0.1, 0.15) is 0 Å². The molecule has 0 bridgehead atoms. The molecule has 1 heterocycles. The van der Waals surface area contributed by atoms with Gasteiger partial charge in [-0.05, 0) is 71.8 Å². The fourth-order valence-electron chi connectivity index (χ4n) is 5.09. The molecule has 0 aromatic heterocycles. The van der Waals surface area contributed by atoms with E-state index in [-0.39, 0.29) is 23.6 Å². The first kappa shape index (κ1) is 23.4. The summed E-state index contributed by atoms with van der Waals surface area (Å²) in [4.78, 5) is 40.0. The zero-order chi connectivity index (χ0) is 24.4. The van der Waals surface area contributed by atoms with E-state index in [0.717, 1.165) is 17.7 Å². The van der Waals surface area contributed by atoms with Crippen LogP contribution in [-0.2, 0) is 27.2 Å². The lowest BCUT2D eigenvalue weighted by Crippen LogP contribution is -2.42. The van der Waals surface area contributed by atoms with Crippen LogP contribution in [-0.4, -0.2) is 41.5 Å². The molecular formula is C28H29N3O3S. The van der Waals surface area contributed by atoms with Crippen LogP contribution in [0, 0.1) is 5.92 Å². The summed E-state index contributed by atoms with van der Waals surface area (Å²) in [5.74, 6) is 0.204. The summed E-state index contributed by atoms with van der Waals surface area (Å²) in [6.07, 6.45) is 3.50. The monoisotopic (exact) mass is 487 g/mol. The number of rotatable bonds is 6. The highest BCUT2D eigenvalue weighted by atomic mass is 32.2. The van der Waals surface area contributed by atoms with Gasteiger partial charge in [-0.25, -0.2) is 0 Å². The Morgan fingerprint density at radius 2 is 1.60 bits per heavy atom. The van der Waals surface area contributed by atoms with Crippen molar-refractivity contribution in [2.45, 2.75) is 37.5 Å². The number of carbonyl (C=O) groups is 3. The summed E-state index contributed by atoms with van der Waals surface area (Å²) in [6.45, 7) is 2.63. The van der Waals surface area contributed by atoms with Crippen molar-refractivity contribution in [2.24, 2.45) is 5.92 Å². The fraction of sp³-hybridized carbons (Fsp3) is 0.321. The molecule has 2 aliphatic rings. The Morgan fingerprint density at radius 3 is 2.34 bits per heavy atom. The lowest BCUT2D eigenvalue weighted by molar-refractivity contribution is -0.132. The van der Waals surface area contributed by atoms with Crippen LogP contribution in [0.25, 0.3) is 10.8 Å². The minimum absolute atomic E-state index is 0.0423. The molecule has 35 heavy (non-hydrogen) atoms. The molecule has 0 unspecified atom stereocenters. The van der Waals surface area contributed by atoms with Crippen LogP contribution >= 0.6 is 11.8 Å². The van der Waals surface area contributed by atoms with Crippen molar-refractivity contribution in [1.29, 1.82) is 0 Å². The number of aryl methyl sites for hydroxylation is 2. The molecule has 0 radical (unpaired) electrons. The minimum Gasteiger partial charge on any atom is -0.342 e. The first-order chi connectivity index (χ1) is 17.0. The third-order valence-electron chi connectivity index (χ3n) is 6.86. The molecule has 7 heteroatoms. The number of likely N-dealkylation sites (tertiary alicyclic amines) is 1. The largest absolute Gasteiger partial charge is 0.342 e. The number of amides is 3. The van der Waals surface area contributed by atoms with Gasteiger partial charge in [0.2, 0.25) is 17.7 Å². The SMILES string of the molecule is CC(=O)Nc1cccc(NC(=O)C2CCN(C(=O)CSc3ccc4c5c(cccc35)CC4)CC2)c1. The maximum atomic E-state index is 12.9. The third-order valence-corrected chi connectivity index (χ3v) is 7.92. The minimum atomic E-state index is -0.155. The number of hydrogen-bond acceptors (Lipinski definition) is 4. The van der Waals surface area contributed by atoms with Crippen molar-refractivity contribution >= 4 is 51.6 Å². The number of nitrogens with one attached hydrogen (secondary N) is 2. The smallest absolute Gasteiger partial charge is 0.232 e. The van der Waals surface area contributed by atoms with Crippen LogP contribution < -0.4 is 10.6 Å². The topological polar surface area (TPSA) is 78.5 Å². The second-order valence-electron chi connectivity index (χ2n) is 9.26. The Balaban J connectivity index is 1.13. The van der Waals surface area contributed by atoms with Gasteiger partial charge in [0, 0.05) is 42.2 Å². The first-order valence-corrected chi connectivity index (χ1v) is 13.1. The van der Waals surface area contributed by atoms with E-state index in [1.807, 2.05) is 4.90 Å². The second-order valence-corrected chi connectivity index (χ2v) is 10.3. The standard InChI is InChI=1S/C28H29N3O3S/c1-18(32)29-22-5-3-6-23(16-22)30-28(34)21-12-14-31(15-13-21)26(33)17-35-25-11-10-20-9-8-19-4-2-7-24(25)27(19)20/h2-7,10-11,16,21H,8-9,12-15,17H2,1H3,(H,29,32)(H,30,34). The van der Waals surface area contributed by atoms with E-state index in [4.69, 9.17) is 0 Å². The molecule has 0 saturated carbocycles. The van der Waals surface area contributed by atoms with Gasteiger partial charge in [0.05, 0.1) is 5.75 Å². The van der Waals surface area contributed by atoms with Crippen molar-refractivity contribution in [1.82, 2.24) is 4.90 Å². The number of nitrogens with zero attached hydrogens (tertiary/aromatic N) is 1. The fourth-order valence-corrected chi connectivity index (χ4v) is 6.04. The Labute approximate surface area is 209 Å². The zero-order valence-electron chi connectivity index (χ0n) is 19.8. The van der Waals surface area contributed by atoms with Crippen molar-refractivity contribution in [3.8, 4) is 0 Å². The van der Waals surface area contributed by atoms with Gasteiger partial charge in [0.15, 0.2) is 0 Å².